The Kier molecular flexibility index (Phi) is 13.7. The Bertz CT molecular complexity index is 384. The quantitative estimate of drug-likeness (QED) is 0.283. The van der Waals surface area contributed by atoms with E-state index in [1.54, 1.807) is 0 Å². The van der Waals surface area contributed by atoms with Crippen molar-refractivity contribution in [3.8, 4) is 0 Å². The first kappa shape index (κ1) is 22.2. The number of unbranched alkanes of at least 4 members (excludes halogenated alkanes) is 6. The molecule has 0 saturated heterocycles. The summed E-state index contributed by atoms with van der Waals surface area (Å²) in [4.78, 5) is 0. The molecule has 0 radical (unpaired) electrons. The van der Waals surface area contributed by atoms with E-state index in [1.165, 1.54) is 57.8 Å². The third-order valence-electron chi connectivity index (χ3n) is 5.16. The molecule has 2 nitrogen and oxygen atoms in total. The van der Waals surface area contributed by atoms with Gasteiger partial charge in [0.15, 0.2) is 0 Å². The minimum absolute atomic E-state index is 0.101. The SMILES string of the molecule is CCCCC=CCCC=C[C@H]1C=CC[C@@H]1CCCCCCC(O)CO. The number of allylic oxidation sites excluding steroid dienone is 6. The van der Waals surface area contributed by atoms with Crippen LogP contribution in [0.5, 0.6) is 0 Å². The topological polar surface area (TPSA) is 40.5 Å². The highest BCUT2D eigenvalue weighted by Gasteiger charge is 2.19. The van der Waals surface area contributed by atoms with Gasteiger partial charge in [-0.25, -0.2) is 0 Å². The normalized spacial score (nSPS) is 21.7. The fourth-order valence-electron chi connectivity index (χ4n) is 3.49. The predicted octanol–water partition coefficient (Wildman–Crippen LogP) is 5.96. The van der Waals surface area contributed by atoms with Gasteiger partial charge in [0.2, 0.25) is 0 Å². The molecule has 0 fully saturated rings. The predicted molar refractivity (Wildman–Crippen MR) is 109 cm³/mol. The maximum atomic E-state index is 9.33. The van der Waals surface area contributed by atoms with Crippen LogP contribution in [-0.4, -0.2) is 22.9 Å². The highest BCUT2D eigenvalue weighted by Crippen LogP contribution is 2.31. The first-order valence-electron chi connectivity index (χ1n) is 10.5. The number of aliphatic hydroxyl groups excluding tert-OH is 2. The van der Waals surface area contributed by atoms with Crippen LogP contribution in [0, 0.1) is 11.8 Å². The van der Waals surface area contributed by atoms with Crippen molar-refractivity contribution in [2.75, 3.05) is 6.61 Å². The molecule has 0 spiro atoms. The van der Waals surface area contributed by atoms with E-state index < -0.39 is 6.10 Å². The van der Waals surface area contributed by atoms with Gasteiger partial charge in [-0.3, -0.25) is 0 Å². The Labute approximate surface area is 155 Å². The Morgan fingerprint density at radius 1 is 1.00 bits per heavy atom. The van der Waals surface area contributed by atoms with E-state index in [4.69, 9.17) is 5.11 Å². The van der Waals surface area contributed by atoms with E-state index in [1.807, 2.05) is 0 Å². The van der Waals surface area contributed by atoms with Gasteiger partial charge < -0.3 is 10.2 Å². The van der Waals surface area contributed by atoms with Gasteiger partial charge in [-0.1, -0.05) is 81.9 Å². The summed E-state index contributed by atoms with van der Waals surface area (Å²) < 4.78 is 0. The average molecular weight is 349 g/mol. The summed E-state index contributed by atoms with van der Waals surface area (Å²) in [6.45, 7) is 2.14. The molecule has 2 N–H and O–H groups in total. The van der Waals surface area contributed by atoms with Crippen LogP contribution in [0.1, 0.15) is 84.0 Å². The van der Waals surface area contributed by atoms with Gasteiger partial charge in [0.05, 0.1) is 12.7 Å². The Morgan fingerprint density at radius 2 is 1.76 bits per heavy atom. The maximum absolute atomic E-state index is 9.33. The van der Waals surface area contributed by atoms with E-state index >= 15 is 0 Å². The molecule has 3 atom stereocenters. The molecular formula is C23H40O2. The van der Waals surface area contributed by atoms with E-state index in [9.17, 15) is 5.11 Å². The van der Waals surface area contributed by atoms with Crippen molar-refractivity contribution in [2.24, 2.45) is 11.8 Å². The molecule has 0 saturated carbocycles. The van der Waals surface area contributed by atoms with Crippen LogP contribution in [-0.2, 0) is 0 Å². The lowest BCUT2D eigenvalue weighted by atomic mass is 9.89. The summed E-state index contributed by atoms with van der Waals surface area (Å²) in [5.41, 5.74) is 0. The highest BCUT2D eigenvalue weighted by molar-refractivity contribution is 5.10. The monoisotopic (exact) mass is 348 g/mol. The van der Waals surface area contributed by atoms with Crippen LogP contribution in [0.15, 0.2) is 36.5 Å². The zero-order chi connectivity index (χ0) is 18.2. The first-order valence-corrected chi connectivity index (χ1v) is 10.5. The molecule has 2 heteroatoms. The summed E-state index contributed by atoms with van der Waals surface area (Å²) in [5, 5.41) is 18.1. The van der Waals surface area contributed by atoms with Gasteiger partial charge in [-0.15, -0.1) is 0 Å². The molecule has 0 aliphatic heterocycles. The number of rotatable bonds is 15. The van der Waals surface area contributed by atoms with Crippen molar-refractivity contribution >= 4 is 0 Å². The number of hydrogen-bond donors (Lipinski definition) is 2. The second kappa shape index (κ2) is 15.4. The van der Waals surface area contributed by atoms with E-state index in [2.05, 4.69) is 43.4 Å². The lowest BCUT2D eigenvalue weighted by Crippen LogP contribution is -2.11. The van der Waals surface area contributed by atoms with Crippen LogP contribution in [0.2, 0.25) is 0 Å². The molecule has 1 rings (SSSR count). The molecule has 1 unspecified atom stereocenters. The number of hydrogen-bond acceptors (Lipinski definition) is 2. The second-order valence-electron chi connectivity index (χ2n) is 7.45. The van der Waals surface area contributed by atoms with Crippen molar-refractivity contribution in [3.05, 3.63) is 36.5 Å². The van der Waals surface area contributed by atoms with Crippen molar-refractivity contribution in [1.82, 2.24) is 0 Å². The smallest absolute Gasteiger partial charge is 0.0770 e. The molecule has 0 aromatic rings. The summed E-state index contributed by atoms with van der Waals surface area (Å²) in [7, 11) is 0. The zero-order valence-electron chi connectivity index (χ0n) is 16.3. The van der Waals surface area contributed by atoms with Crippen molar-refractivity contribution in [1.29, 1.82) is 0 Å². The van der Waals surface area contributed by atoms with E-state index in [0.717, 1.165) is 25.2 Å². The van der Waals surface area contributed by atoms with Crippen molar-refractivity contribution < 1.29 is 10.2 Å². The van der Waals surface area contributed by atoms with Crippen LogP contribution in [0.4, 0.5) is 0 Å². The Morgan fingerprint density at radius 3 is 2.56 bits per heavy atom. The lowest BCUT2D eigenvalue weighted by molar-refractivity contribution is 0.0859. The van der Waals surface area contributed by atoms with Crippen LogP contribution < -0.4 is 0 Å². The van der Waals surface area contributed by atoms with Gasteiger partial charge in [0, 0.05) is 0 Å². The number of aliphatic hydroxyl groups is 2. The molecule has 144 valence electrons. The first-order chi connectivity index (χ1) is 12.3. The zero-order valence-corrected chi connectivity index (χ0v) is 16.3. The lowest BCUT2D eigenvalue weighted by Gasteiger charge is -2.16. The summed E-state index contributed by atoms with van der Waals surface area (Å²) >= 11 is 0. The highest BCUT2D eigenvalue weighted by atomic mass is 16.3. The van der Waals surface area contributed by atoms with Crippen molar-refractivity contribution in [2.45, 2.75) is 90.1 Å². The summed E-state index contributed by atoms with van der Waals surface area (Å²) in [6, 6.07) is 0. The molecule has 0 amide bonds. The fourth-order valence-corrected chi connectivity index (χ4v) is 3.49. The molecule has 1 aliphatic carbocycles. The summed E-state index contributed by atoms with van der Waals surface area (Å²) in [6.07, 6.45) is 27.8. The third kappa shape index (κ3) is 11.4. The summed E-state index contributed by atoms with van der Waals surface area (Å²) in [5.74, 6) is 1.43. The third-order valence-corrected chi connectivity index (χ3v) is 5.16. The van der Waals surface area contributed by atoms with Gasteiger partial charge >= 0.3 is 0 Å². The minimum atomic E-state index is -0.518. The largest absolute Gasteiger partial charge is 0.394 e. The molecule has 0 aromatic heterocycles. The molecule has 0 aromatic carbocycles. The van der Waals surface area contributed by atoms with Gasteiger partial charge in [-0.2, -0.15) is 0 Å². The van der Waals surface area contributed by atoms with Gasteiger partial charge in [0.1, 0.15) is 0 Å². The molecule has 0 bridgehead atoms. The average Bonchev–Trinajstić information content (AvgIpc) is 3.07. The molecular weight excluding hydrogens is 308 g/mol. The fraction of sp³-hybridized carbons (Fsp3) is 0.739. The second-order valence-corrected chi connectivity index (χ2v) is 7.45. The van der Waals surface area contributed by atoms with E-state index in [0.29, 0.717) is 5.92 Å². The van der Waals surface area contributed by atoms with Gasteiger partial charge in [-0.05, 0) is 50.4 Å². The van der Waals surface area contributed by atoms with Gasteiger partial charge in [0.25, 0.3) is 0 Å². The van der Waals surface area contributed by atoms with E-state index in [-0.39, 0.29) is 6.61 Å². The molecule has 25 heavy (non-hydrogen) atoms. The van der Waals surface area contributed by atoms with Crippen LogP contribution in [0.3, 0.4) is 0 Å². The van der Waals surface area contributed by atoms with Crippen molar-refractivity contribution in [3.63, 3.8) is 0 Å². The Hall–Kier alpha value is -0.860. The van der Waals surface area contributed by atoms with Crippen LogP contribution >= 0.6 is 0 Å². The minimum Gasteiger partial charge on any atom is -0.394 e. The Balaban J connectivity index is 2.07. The van der Waals surface area contributed by atoms with Crippen LogP contribution in [0.25, 0.3) is 0 Å². The molecule has 0 heterocycles. The maximum Gasteiger partial charge on any atom is 0.0770 e. The standard InChI is InChI=1S/C23H40O2/c1-2-3-4-5-6-7-8-11-15-21-17-14-18-22(21)16-12-9-10-13-19-23(25)20-24/h5-6,11,14-15,17,21-25H,2-4,7-10,12-13,16,18-20H2,1H3/t21-,22-,23?/m0/s1. The molecule has 1 aliphatic rings.